The molecule has 20 heavy (non-hydrogen) atoms. The van der Waals surface area contributed by atoms with Crippen molar-refractivity contribution in [1.29, 1.82) is 0 Å². The number of aromatic nitrogens is 1. The van der Waals surface area contributed by atoms with Gasteiger partial charge in [0, 0.05) is 12.6 Å². The molecule has 5 heteroatoms. The van der Waals surface area contributed by atoms with Crippen molar-refractivity contribution in [2.75, 3.05) is 13.7 Å². The average molecular weight is 274 g/mol. The molecule has 1 aromatic carbocycles. The Morgan fingerprint density at radius 1 is 1.35 bits per heavy atom. The lowest BCUT2D eigenvalue weighted by molar-refractivity contribution is -0.120. The standard InChI is InChI=1S/C15H18N2O3/c1-11-9-13(17-20-11)10-15(18)16-8-7-12-3-5-14(19-2)6-4-12/h3-6,9H,7-8,10H2,1-2H3,(H,16,18). The Morgan fingerprint density at radius 2 is 2.10 bits per heavy atom. The molecule has 0 bridgehead atoms. The van der Waals surface area contributed by atoms with Crippen molar-refractivity contribution in [2.24, 2.45) is 0 Å². The van der Waals surface area contributed by atoms with Gasteiger partial charge < -0.3 is 14.6 Å². The van der Waals surface area contributed by atoms with Crippen LogP contribution in [0.25, 0.3) is 0 Å². The maximum atomic E-state index is 11.7. The quantitative estimate of drug-likeness (QED) is 0.873. The Balaban J connectivity index is 1.73. The maximum absolute atomic E-state index is 11.7. The zero-order valence-corrected chi connectivity index (χ0v) is 11.7. The van der Waals surface area contributed by atoms with Crippen molar-refractivity contribution in [3.05, 3.63) is 47.3 Å². The van der Waals surface area contributed by atoms with Crippen LogP contribution in [0.5, 0.6) is 5.75 Å². The highest BCUT2D eigenvalue weighted by Gasteiger charge is 2.07. The van der Waals surface area contributed by atoms with Gasteiger partial charge in [0.1, 0.15) is 11.5 Å². The van der Waals surface area contributed by atoms with E-state index in [1.54, 1.807) is 20.1 Å². The summed E-state index contributed by atoms with van der Waals surface area (Å²) in [4.78, 5) is 11.7. The fourth-order valence-corrected chi connectivity index (χ4v) is 1.87. The Morgan fingerprint density at radius 3 is 2.70 bits per heavy atom. The topological polar surface area (TPSA) is 64.4 Å². The number of nitrogens with zero attached hydrogens (tertiary/aromatic N) is 1. The number of benzene rings is 1. The molecule has 5 nitrogen and oxygen atoms in total. The van der Waals surface area contributed by atoms with Crippen LogP contribution in [0.4, 0.5) is 0 Å². The van der Waals surface area contributed by atoms with E-state index >= 15 is 0 Å². The molecule has 2 aromatic rings. The molecule has 1 aromatic heterocycles. The van der Waals surface area contributed by atoms with Gasteiger partial charge in [0.05, 0.1) is 19.2 Å². The predicted octanol–water partition coefficient (Wildman–Crippen LogP) is 1.89. The summed E-state index contributed by atoms with van der Waals surface area (Å²) in [6.45, 7) is 2.40. The average Bonchev–Trinajstić information content (AvgIpc) is 2.85. The van der Waals surface area contributed by atoms with Gasteiger partial charge in [-0.1, -0.05) is 17.3 Å². The van der Waals surface area contributed by atoms with Gasteiger partial charge in [0.2, 0.25) is 5.91 Å². The summed E-state index contributed by atoms with van der Waals surface area (Å²) in [6.07, 6.45) is 1.04. The summed E-state index contributed by atoms with van der Waals surface area (Å²) in [5.41, 5.74) is 1.81. The van der Waals surface area contributed by atoms with Gasteiger partial charge in [-0.05, 0) is 31.0 Å². The van der Waals surface area contributed by atoms with Crippen LogP contribution in [-0.4, -0.2) is 24.7 Å². The zero-order valence-electron chi connectivity index (χ0n) is 11.7. The van der Waals surface area contributed by atoms with Crippen LogP contribution >= 0.6 is 0 Å². The summed E-state index contributed by atoms with van der Waals surface area (Å²) in [5, 5.41) is 6.66. The maximum Gasteiger partial charge on any atom is 0.226 e. The van der Waals surface area contributed by atoms with E-state index in [9.17, 15) is 4.79 Å². The van der Waals surface area contributed by atoms with Gasteiger partial charge >= 0.3 is 0 Å². The van der Waals surface area contributed by atoms with E-state index in [2.05, 4.69) is 10.5 Å². The van der Waals surface area contributed by atoms with Gasteiger partial charge in [-0.3, -0.25) is 4.79 Å². The Labute approximate surface area is 117 Å². The van der Waals surface area contributed by atoms with Crippen LogP contribution in [0.3, 0.4) is 0 Å². The number of rotatable bonds is 6. The highest BCUT2D eigenvalue weighted by atomic mass is 16.5. The molecule has 0 atom stereocenters. The fourth-order valence-electron chi connectivity index (χ4n) is 1.87. The lowest BCUT2D eigenvalue weighted by Crippen LogP contribution is -2.27. The molecule has 0 aliphatic heterocycles. The van der Waals surface area contributed by atoms with Crippen molar-refractivity contribution in [3.8, 4) is 5.75 Å². The third-order valence-electron chi connectivity index (χ3n) is 2.91. The monoisotopic (exact) mass is 274 g/mol. The first-order chi connectivity index (χ1) is 9.67. The molecule has 1 amide bonds. The molecule has 1 heterocycles. The van der Waals surface area contributed by atoms with E-state index < -0.39 is 0 Å². The molecular formula is C15H18N2O3. The van der Waals surface area contributed by atoms with Crippen LogP contribution in [0.2, 0.25) is 0 Å². The minimum Gasteiger partial charge on any atom is -0.497 e. The van der Waals surface area contributed by atoms with E-state index in [-0.39, 0.29) is 12.3 Å². The van der Waals surface area contributed by atoms with Gasteiger partial charge in [-0.2, -0.15) is 0 Å². The molecule has 0 radical (unpaired) electrons. The largest absolute Gasteiger partial charge is 0.497 e. The van der Waals surface area contributed by atoms with Gasteiger partial charge in [0.25, 0.3) is 0 Å². The Bertz CT molecular complexity index is 561. The summed E-state index contributed by atoms with van der Waals surface area (Å²) < 4.78 is 10.0. The lowest BCUT2D eigenvalue weighted by Gasteiger charge is -2.05. The molecule has 0 aliphatic rings. The molecule has 0 unspecified atom stereocenters. The number of nitrogens with one attached hydrogen (secondary N) is 1. The van der Waals surface area contributed by atoms with Gasteiger partial charge in [-0.15, -0.1) is 0 Å². The second-order valence-electron chi connectivity index (χ2n) is 4.55. The van der Waals surface area contributed by atoms with Crippen LogP contribution in [-0.2, 0) is 17.6 Å². The summed E-state index contributed by atoms with van der Waals surface area (Å²) in [5.74, 6) is 1.50. The summed E-state index contributed by atoms with van der Waals surface area (Å²) >= 11 is 0. The van der Waals surface area contributed by atoms with Crippen LogP contribution in [0.15, 0.2) is 34.9 Å². The second-order valence-corrected chi connectivity index (χ2v) is 4.55. The number of hydrogen-bond acceptors (Lipinski definition) is 4. The fraction of sp³-hybridized carbons (Fsp3) is 0.333. The van der Waals surface area contributed by atoms with Gasteiger partial charge in [-0.25, -0.2) is 0 Å². The summed E-state index contributed by atoms with van der Waals surface area (Å²) in [7, 11) is 1.64. The number of aryl methyl sites for hydroxylation is 1. The lowest BCUT2D eigenvalue weighted by atomic mass is 10.1. The third kappa shape index (κ3) is 4.12. The first-order valence-corrected chi connectivity index (χ1v) is 6.49. The zero-order chi connectivity index (χ0) is 14.4. The van der Waals surface area contributed by atoms with Gasteiger partial charge in [0.15, 0.2) is 0 Å². The SMILES string of the molecule is COc1ccc(CCNC(=O)Cc2cc(C)on2)cc1. The molecule has 0 fully saturated rings. The third-order valence-corrected chi connectivity index (χ3v) is 2.91. The normalized spacial score (nSPS) is 10.3. The molecule has 1 N–H and O–H groups in total. The summed E-state index contributed by atoms with van der Waals surface area (Å²) in [6, 6.07) is 9.58. The number of carbonyl (C=O) groups is 1. The van der Waals surface area contributed by atoms with E-state index in [1.807, 2.05) is 24.3 Å². The van der Waals surface area contributed by atoms with E-state index in [0.717, 1.165) is 17.7 Å². The number of hydrogen-bond donors (Lipinski definition) is 1. The van der Waals surface area contributed by atoms with Crippen LogP contribution < -0.4 is 10.1 Å². The first kappa shape index (κ1) is 14.1. The number of amides is 1. The second kappa shape index (κ2) is 6.75. The van der Waals surface area contributed by atoms with E-state index in [0.29, 0.717) is 18.0 Å². The minimum atomic E-state index is -0.0492. The predicted molar refractivity (Wildman–Crippen MR) is 74.7 cm³/mol. The van der Waals surface area contributed by atoms with E-state index in [4.69, 9.17) is 9.26 Å². The van der Waals surface area contributed by atoms with Crippen molar-refractivity contribution < 1.29 is 14.1 Å². The molecule has 0 saturated heterocycles. The molecule has 2 rings (SSSR count). The molecule has 0 spiro atoms. The van der Waals surface area contributed by atoms with Crippen molar-refractivity contribution in [1.82, 2.24) is 10.5 Å². The minimum absolute atomic E-state index is 0.0492. The highest BCUT2D eigenvalue weighted by molar-refractivity contribution is 5.78. The highest BCUT2D eigenvalue weighted by Crippen LogP contribution is 2.11. The van der Waals surface area contributed by atoms with E-state index in [1.165, 1.54) is 0 Å². The molecule has 0 saturated carbocycles. The molecule has 106 valence electrons. The van der Waals surface area contributed by atoms with Crippen molar-refractivity contribution in [2.45, 2.75) is 19.8 Å². The molecular weight excluding hydrogens is 256 g/mol. The van der Waals surface area contributed by atoms with Crippen LogP contribution in [0.1, 0.15) is 17.0 Å². The smallest absolute Gasteiger partial charge is 0.226 e. The Hall–Kier alpha value is -2.30. The first-order valence-electron chi connectivity index (χ1n) is 6.49. The molecule has 0 aliphatic carbocycles. The van der Waals surface area contributed by atoms with Crippen molar-refractivity contribution >= 4 is 5.91 Å². The van der Waals surface area contributed by atoms with Crippen molar-refractivity contribution in [3.63, 3.8) is 0 Å². The number of carbonyl (C=O) groups excluding carboxylic acids is 1. The van der Waals surface area contributed by atoms with Crippen LogP contribution in [0, 0.1) is 6.92 Å². The Kier molecular flexibility index (Phi) is 4.76. The number of ether oxygens (including phenoxy) is 1. The number of methoxy groups -OCH3 is 1.